The average Bonchev–Trinajstić information content (AvgIpc) is 2.95. The minimum atomic E-state index is -0.427. The van der Waals surface area contributed by atoms with Crippen molar-refractivity contribution < 1.29 is 23.8 Å². The van der Waals surface area contributed by atoms with Crippen molar-refractivity contribution in [3.05, 3.63) is 49.7 Å². The van der Waals surface area contributed by atoms with Crippen molar-refractivity contribution in [3.63, 3.8) is 0 Å². The lowest BCUT2D eigenvalue weighted by Gasteiger charge is -2.21. The van der Waals surface area contributed by atoms with Gasteiger partial charge in [-0.1, -0.05) is 11.6 Å². The maximum absolute atomic E-state index is 12.2. The summed E-state index contributed by atoms with van der Waals surface area (Å²) in [4.78, 5) is 26.3. The summed E-state index contributed by atoms with van der Waals surface area (Å²) >= 11 is 7.67. The minimum absolute atomic E-state index is 0.0376. The Morgan fingerprint density at radius 2 is 2.04 bits per heavy atom. The van der Waals surface area contributed by atoms with E-state index in [9.17, 15) is 9.59 Å². The quantitative estimate of drug-likeness (QED) is 0.529. The number of aryl methyl sites for hydroxylation is 2. The topological polar surface area (TPSA) is 61.8 Å². The van der Waals surface area contributed by atoms with Crippen LogP contribution in [0.5, 0.6) is 5.75 Å². The first kappa shape index (κ1) is 18.9. The first-order valence-electron chi connectivity index (χ1n) is 8.21. The standard InChI is InChI=1S/C19H19ClO5S/c1-11-5-16(12(2)26-11)17(21)3-4-18(22)24-9-14-7-15(20)6-13-8-23-10-25-19(13)14/h5-7H,3-4,8-10H2,1-2H3. The zero-order valence-electron chi connectivity index (χ0n) is 14.6. The van der Waals surface area contributed by atoms with Crippen LogP contribution in [0.3, 0.4) is 0 Å². The van der Waals surface area contributed by atoms with E-state index in [1.54, 1.807) is 23.5 Å². The molecule has 1 aromatic carbocycles. The fraction of sp³-hybridized carbons (Fsp3) is 0.368. The van der Waals surface area contributed by atoms with Crippen molar-refractivity contribution in [1.82, 2.24) is 0 Å². The van der Waals surface area contributed by atoms with Gasteiger partial charge < -0.3 is 14.2 Å². The minimum Gasteiger partial charge on any atom is -0.467 e. The number of carbonyl (C=O) groups is 2. The lowest BCUT2D eigenvalue weighted by molar-refractivity contribution is -0.145. The van der Waals surface area contributed by atoms with E-state index in [2.05, 4.69) is 0 Å². The van der Waals surface area contributed by atoms with Crippen LogP contribution in [0.25, 0.3) is 0 Å². The number of esters is 1. The van der Waals surface area contributed by atoms with Crippen molar-refractivity contribution in [2.24, 2.45) is 0 Å². The van der Waals surface area contributed by atoms with Crippen LogP contribution in [0.2, 0.25) is 5.02 Å². The fourth-order valence-corrected chi connectivity index (χ4v) is 4.06. The number of thiophene rings is 1. The molecule has 0 amide bonds. The molecule has 0 fully saturated rings. The second-order valence-electron chi connectivity index (χ2n) is 6.07. The van der Waals surface area contributed by atoms with Crippen LogP contribution < -0.4 is 4.74 Å². The van der Waals surface area contributed by atoms with Gasteiger partial charge in [-0.05, 0) is 32.0 Å². The van der Waals surface area contributed by atoms with Gasteiger partial charge in [0.2, 0.25) is 0 Å². The van der Waals surface area contributed by atoms with Crippen molar-refractivity contribution in [3.8, 4) is 5.75 Å². The molecule has 0 spiro atoms. The molecule has 0 N–H and O–H groups in total. The molecule has 0 radical (unpaired) electrons. The summed E-state index contributed by atoms with van der Waals surface area (Å²) in [6.45, 7) is 4.48. The number of ether oxygens (including phenoxy) is 3. The number of rotatable bonds is 6. The second-order valence-corrected chi connectivity index (χ2v) is 7.97. The van der Waals surface area contributed by atoms with E-state index < -0.39 is 5.97 Å². The lowest BCUT2D eigenvalue weighted by atomic mass is 10.1. The van der Waals surface area contributed by atoms with Crippen molar-refractivity contribution in [2.75, 3.05) is 6.79 Å². The maximum Gasteiger partial charge on any atom is 0.306 e. The predicted molar refractivity (Wildman–Crippen MR) is 98.9 cm³/mol. The van der Waals surface area contributed by atoms with Crippen LogP contribution in [0.1, 0.15) is 44.1 Å². The molecular weight excluding hydrogens is 376 g/mol. The van der Waals surface area contributed by atoms with Gasteiger partial charge in [-0.15, -0.1) is 11.3 Å². The highest BCUT2D eigenvalue weighted by molar-refractivity contribution is 7.12. The van der Waals surface area contributed by atoms with Crippen LogP contribution in [0, 0.1) is 13.8 Å². The molecular formula is C19H19ClO5S. The molecule has 2 aromatic rings. The Morgan fingerprint density at radius 3 is 2.77 bits per heavy atom. The molecule has 1 aliphatic rings. The summed E-state index contributed by atoms with van der Waals surface area (Å²) in [5.74, 6) is 0.182. The third kappa shape index (κ3) is 4.44. The molecule has 0 aliphatic carbocycles. The van der Waals surface area contributed by atoms with Gasteiger partial charge in [0.05, 0.1) is 13.0 Å². The van der Waals surface area contributed by atoms with Crippen LogP contribution in [-0.2, 0) is 27.5 Å². The van der Waals surface area contributed by atoms with Crippen LogP contribution in [-0.4, -0.2) is 18.5 Å². The fourth-order valence-electron chi connectivity index (χ4n) is 2.85. The van der Waals surface area contributed by atoms with Crippen molar-refractivity contribution >= 4 is 34.7 Å². The summed E-state index contributed by atoms with van der Waals surface area (Å²) in [5.41, 5.74) is 2.21. The molecule has 1 aliphatic heterocycles. The van der Waals surface area contributed by atoms with Gasteiger partial charge in [0, 0.05) is 37.9 Å². The molecule has 0 saturated heterocycles. The van der Waals surface area contributed by atoms with Crippen LogP contribution >= 0.6 is 22.9 Å². The Kier molecular flexibility index (Phi) is 5.96. The molecule has 0 bridgehead atoms. The maximum atomic E-state index is 12.2. The first-order chi connectivity index (χ1) is 12.4. The second kappa shape index (κ2) is 8.20. The largest absolute Gasteiger partial charge is 0.467 e. The van der Waals surface area contributed by atoms with Gasteiger partial charge in [0.1, 0.15) is 12.4 Å². The van der Waals surface area contributed by atoms with Gasteiger partial charge in [-0.25, -0.2) is 0 Å². The van der Waals surface area contributed by atoms with E-state index in [-0.39, 0.29) is 32.0 Å². The number of fused-ring (bicyclic) bond motifs is 1. The zero-order valence-corrected chi connectivity index (χ0v) is 16.2. The van der Waals surface area contributed by atoms with E-state index in [0.717, 1.165) is 15.3 Å². The number of hydrogen-bond acceptors (Lipinski definition) is 6. The van der Waals surface area contributed by atoms with Gasteiger partial charge in [0.15, 0.2) is 12.6 Å². The summed E-state index contributed by atoms with van der Waals surface area (Å²) in [6.07, 6.45) is 0.174. The summed E-state index contributed by atoms with van der Waals surface area (Å²) in [6, 6.07) is 5.35. The molecule has 2 heterocycles. The van der Waals surface area contributed by atoms with Gasteiger partial charge in [-0.3, -0.25) is 9.59 Å². The third-order valence-electron chi connectivity index (χ3n) is 4.04. The summed E-state index contributed by atoms with van der Waals surface area (Å²) in [5, 5.41) is 0.530. The lowest BCUT2D eigenvalue weighted by Crippen LogP contribution is -2.14. The van der Waals surface area contributed by atoms with E-state index >= 15 is 0 Å². The molecule has 26 heavy (non-hydrogen) atoms. The predicted octanol–water partition coefficient (Wildman–Crippen LogP) is 4.59. The molecule has 0 atom stereocenters. The van der Waals surface area contributed by atoms with Crippen molar-refractivity contribution in [1.29, 1.82) is 0 Å². The molecule has 5 nitrogen and oxygen atoms in total. The average molecular weight is 395 g/mol. The SMILES string of the molecule is Cc1cc(C(=O)CCC(=O)OCc2cc(Cl)cc3c2OCOC3)c(C)s1. The normalized spacial score (nSPS) is 13.0. The number of Topliss-reactive ketones (excluding diaryl/α,β-unsaturated/α-hetero) is 1. The van der Waals surface area contributed by atoms with Crippen LogP contribution in [0.15, 0.2) is 18.2 Å². The molecule has 138 valence electrons. The van der Waals surface area contributed by atoms with Gasteiger partial charge >= 0.3 is 5.97 Å². The monoisotopic (exact) mass is 394 g/mol. The number of hydrogen-bond donors (Lipinski definition) is 0. The Morgan fingerprint density at radius 1 is 1.23 bits per heavy atom. The number of halogens is 1. The Bertz CT molecular complexity index is 843. The smallest absolute Gasteiger partial charge is 0.306 e. The first-order valence-corrected chi connectivity index (χ1v) is 9.41. The molecule has 0 saturated carbocycles. The van der Waals surface area contributed by atoms with E-state index in [4.69, 9.17) is 25.8 Å². The molecule has 0 unspecified atom stereocenters. The van der Waals surface area contributed by atoms with Crippen LogP contribution in [0.4, 0.5) is 0 Å². The van der Waals surface area contributed by atoms with E-state index in [0.29, 0.717) is 28.5 Å². The molecule has 1 aromatic heterocycles. The highest BCUT2D eigenvalue weighted by Crippen LogP contribution is 2.32. The van der Waals surface area contributed by atoms with Gasteiger partial charge in [-0.2, -0.15) is 0 Å². The Balaban J connectivity index is 1.55. The Labute approximate surface area is 160 Å². The molecule has 3 rings (SSSR count). The highest BCUT2D eigenvalue weighted by Gasteiger charge is 2.18. The number of benzene rings is 1. The zero-order chi connectivity index (χ0) is 18.7. The third-order valence-corrected chi connectivity index (χ3v) is 5.22. The number of carbonyl (C=O) groups excluding carboxylic acids is 2. The van der Waals surface area contributed by atoms with Gasteiger partial charge in [0.25, 0.3) is 0 Å². The van der Waals surface area contributed by atoms with E-state index in [1.165, 1.54) is 0 Å². The van der Waals surface area contributed by atoms with E-state index in [1.807, 2.05) is 19.9 Å². The van der Waals surface area contributed by atoms with Crippen molar-refractivity contribution in [2.45, 2.75) is 39.9 Å². The summed E-state index contributed by atoms with van der Waals surface area (Å²) < 4.78 is 16.0. The number of ketones is 1. The Hall–Kier alpha value is -1.89. The molecule has 7 heteroatoms. The summed E-state index contributed by atoms with van der Waals surface area (Å²) in [7, 11) is 0. The highest BCUT2D eigenvalue weighted by atomic mass is 35.5.